The molecule has 22 heavy (non-hydrogen) atoms. The molecule has 0 heterocycles. The van der Waals surface area contributed by atoms with Crippen molar-refractivity contribution in [1.82, 2.24) is 5.32 Å². The predicted octanol–water partition coefficient (Wildman–Crippen LogP) is 2.51. The van der Waals surface area contributed by atoms with Gasteiger partial charge in [-0.2, -0.15) is 5.26 Å². The summed E-state index contributed by atoms with van der Waals surface area (Å²) in [5.74, 6) is 0.908. The van der Waals surface area contributed by atoms with E-state index in [4.69, 9.17) is 14.7 Å². The highest BCUT2D eigenvalue weighted by Crippen LogP contribution is 2.28. The molecule has 0 saturated heterocycles. The van der Waals surface area contributed by atoms with Crippen molar-refractivity contribution in [2.24, 2.45) is 0 Å². The molecule has 0 aliphatic rings. The number of hydrogen-bond donors (Lipinski definition) is 1. The maximum Gasteiger partial charge on any atom is 0.251 e. The Hall–Kier alpha value is -3.00. The second kappa shape index (κ2) is 7.14. The van der Waals surface area contributed by atoms with E-state index in [1.54, 1.807) is 43.4 Å². The van der Waals surface area contributed by atoms with E-state index in [9.17, 15) is 4.79 Å². The van der Waals surface area contributed by atoms with E-state index in [0.29, 0.717) is 29.2 Å². The van der Waals surface area contributed by atoms with Crippen LogP contribution in [0.25, 0.3) is 0 Å². The first-order valence-corrected chi connectivity index (χ1v) is 6.70. The molecular formula is C17H16N2O3. The van der Waals surface area contributed by atoms with Crippen LogP contribution in [0.2, 0.25) is 0 Å². The normalized spacial score (nSPS) is 9.68. The van der Waals surface area contributed by atoms with Gasteiger partial charge in [-0.25, -0.2) is 0 Å². The fourth-order valence-electron chi connectivity index (χ4n) is 1.96. The minimum atomic E-state index is -0.141. The van der Waals surface area contributed by atoms with Gasteiger partial charge in [0.1, 0.15) is 6.61 Å². The average Bonchev–Trinajstić information content (AvgIpc) is 2.59. The summed E-state index contributed by atoms with van der Waals surface area (Å²) in [5, 5.41) is 11.5. The van der Waals surface area contributed by atoms with Gasteiger partial charge in [-0.05, 0) is 29.8 Å². The molecule has 2 aromatic carbocycles. The molecule has 5 heteroatoms. The minimum Gasteiger partial charge on any atom is -0.493 e. The van der Waals surface area contributed by atoms with Crippen LogP contribution < -0.4 is 14.8 Å². The lowest BCUT2D eigenvalue weighted by Crippen LogP contribution is -2.17. The molecule has 0 unspecified atom stereocenters. The van der Waals surface area contributed by atoms with Gasteiger partial charge < -0.3 is 14.8 Å². The lowest BCUT2D eigenvalue weighted by molar-refractivity contribution is 0.0963. The van der Waals surface area contributed by atoms with E-state index in [1.165, 1.54) is 7.11 Å². The Morgan fingerprint density at radius 2 is 2.05 bits per heavy atom. The van der Waals surface area contributed by atoms with Crippen LogP contribution in [-0.4, -0.2) is 20.1 Å². The molecule has 0 bridgehead atoms. The third kappa shape index (κ3) is 3.55. The van der Waals surface area contributed by atoms with E-state index >= 15 is 0 Å². The Morgan fingerprint density at radius 3 is 2.73 bits per heavy atom. The molecule has 0 fully saturated rings. The zero-order valence-electron chi connectivity index (χ0n) is 12.4. The number of benzene rings is 2. The van der Waals surface area contributed by atoms with Gasteiger partial charge >= 0.3 is 0 Å². The van der Waals surface area contributed by atoms with Crippen LogP contribution in [0.15, 0.2) is 42.5 Å². The molecule has 0 aliphatic carbocycles. The van der Waals surface area contributed by atoms with Gasteiger partial charge in [0, 0.05) is 18.7 Å². The lowest BCUT2D eigenvalue weighted by Gasteiger charge is -2.11. The summed E-state index contributed by atoms with van der Waals surface area (Å²) in [5.41, 5.74) is 1.95. The van der Waals surface area contributed by atoms with Gasteiger partial charge in [0.15, 0.2) is 11.5 Å². The van der Waals surface area contributed by atoms with E-state index in [0.717, 1.165) is 5.56 Å². The smallest absolute Gasteiger partial charge is 0.251 e. The summed E-state index contributed by atoms with van der Waals surface area (Å²) >= 11 is 0. The van der Waals surface area contributed by atoms with Gasteiger partial charge in [0.25, 0.3) is 5.91 Å². The van der Waals surface area contributed by atoms with Crippen molar-refractivity contribution >= 4 is 5.91 Å². The highest BCUT2D eigenvalue weighted by atomic mass is 16.5. The molecule has 112 valence electrons. The topological polar surface area (TPSA) is 71.3 Å². The lowest BCUT2D eigenvalue weighted by atomic mass is 10.1. The number of nitrogens with zero attached hydrogens (tertiary/aromatic N) is 1. The first-order valence-electron chi connectivity index (χ1n) is 6.70. The van der Waals surface area contributed by atoms with Crippen molar-refractivity contribution in [2.75, 3.05) is 14.2 Å². The summed E-state index contributed by atoms with van der Waals surface area (Å²) in [6.45, 7) is 0.299. The third-order valence-corrected chi connectivity index (χ3v) is 3.10. The number of methoxy groups -OCH3 is 1. The summed E-state index contributed by atoms with van der Waals surface area (Å²) in [7, 11) is 3.11. The fraction of sp³-hybridized carbons (Fsp3) is 0.176. The second-order valence-electron chi connectivity index (χ2n) is 4.55. The summed E-state index contributed by atoms with van der Waals surface area (Å²) in [4.78, 5) is 11.6. The number of carbonyl (C=O) groups is 1. The second-order valence-corrected chi connectivity index (χ2v) is 4.55. The van der Waals surface area contributed by atoms with Gasteiger partial charge in [0.2, 0.25) is 0 Å². The van der Waals surface area contributed by atoms with Gasteiger partial charge in [0.05, 0.1) is 18.7 Å². The van der Waals surface area contributed by atoms with Crippen LogP contribution in [0.1, 0.15) is 21.5 Å². The number of ether oxygens (including phenoxy) is 2. The van der Waals surface area contributed by atoms with Crippen LogP contribution in [-0.2, 0) is 6.61 Å². The maximum atomic E-state index is 11.6. The fourth-order valence-corrected chi connectivity index (χ4v) is 1.96. The van der Waals surface area contributed by atoms with Crippen LogP contribution in [0.3, 0.4) is 0 Å². The van der Waals surface area contributed by atoms with E-state index in [2.05, 4.69) is 5.32 Å². The summed E-state index contributed by atoms with van der Waals surface area (Å²) in [6, 6.07) is 14.2. The van der Waals surface area contributed by atoms with Gasteiger partial charge in [-0.1, -0.05) is 12.1 Å². The molecule has 2 aromatic rings. The van der Waals surface area contributed by atoms with E-state index in [1.807, 2.05) is 12.1 Å². The SMILES string of the molecule is CNC(=O)c1cccc(COc2ccc(C#N)cc2OC)c1. The number of carbonyl (C=O) groups excluding carboxylic acids is 1. The predicted molar refractivity (Wildman–Crippen MR) is 81.9 cm³/mol. The van der Waals surface area contributed by atoms with Crippen LogP contribution in [0.5, 0.6) is 11.5 Å². The Labute approximate surface area is 129 Å². The van der Waals surface area contributed by atoms with Crippen molar-refractivity contribution < 1.29 is 14.3 Å². The zero-order valence-corrected chi connectivity index (χ0v) is 12.4. The molecule has 5 nitrogen and oxygen atoms in total. The number of rotatable bonds is 5. The molecular weight excluding hydrogens is 280 g/mol. The van der Waals surface area contributed by atoms with Crippen molar-refractivity contribution in [1.29, 1.82) is 5.26 Å². The highest BCUT2D eigenvalue weighted by Gasteiger charge is 2.08. The maximum absolute atomic E-state index is 11.6. The summed E-state index contributed by atoms with van der Waals surface area (Å²) < 4.78 is 10.9. The quantitative estimate of drug-likeness (QED) is 0.920. The first kappa shape index (κ1) is 15.4. The van der Waals surface area contributed by atoms with Crippen molar-refractivity contribution in [3.05, 3.63) is 59.2 Å². The number of nitriles is 1. The molecule has 1 amide bonds. The highest BCUT2D eigenvalue weighted by molar-refractivity contribution is 5.94. The van der Waals surface area contributed by atoms with E-state index in [-0.39, 0.29) is 5.91 Å². The van der Waals surface area contributed by atoms with Crippen molar-refractivity contribution in [3.8, 4) is 17.6 Å². The van der Waals surface area contributed by atoms with E-state index < -0.39 is 0 Å². The number of hydrogen-bond acceptors (Lipinski definition) is 4. The average molecular weight is 296 g/mol. The number of nitrogens with one attached hydrogen (secondary N) is 1. The third-order valence-electron chi connectivity index (χ3n) is 3.10. The Morgan fingerprint density at radius 1 is 1.23 bits per heavy atom. The van der Waals surface area contributed by atoms with Gasteiger partial charge in [-0.3, -0.25) is 4.79 Å². The molecule has 0 atom stereocenters. The Kier molecular flexibility index (Phi) is 4.99. The molecule has 0 aliphatic heterocycles. The van der Waals surface area contributed by atoms with Gasteiger partial charge in [-0.15, -0.1) is 0 Å². The van der Waals surface area contributed by atoms with Crippen LogP contribution in [0.4, 0.5) is 0 Å². The van der Waals surface area contributed by atoms with Crippen LogP contribution in [0, 0.1) is 11.3 Å². The monoisotopic (exact) mass is 296 g/mol. The molecule has 0 radical (unpaired) electrons. The molecule has 2 rings (SSSR count). The Balaban J connectivity index is 2.13. The first-order chi connectivity index (χ1) is 10.7. The molecule has 0 spiro atoms. The molecule has 1 N–H and O–H groups in total. The van der Waals surface area contributed by atoms with Crippen molar-refractivity contribution in [3.63, 3.8) is 0 Å². The zero-order chi connectivity index (χ0) is 15.9. The molecule has 0 saturated carbocycles. The molecule has 0 aromatic heterocycles. The van der Waals surface area contributed by atoms with Crippen molar-refractivity contribution in [2.45, 2.75) is 6.61 Å². The largest absolute Gasteiger partial charge is 0.493 e. The Bertz CT molecular complexity index is 720. The standard InChI is InChI=1S/C17H16N2O3/c1-19-17(20)14-5-3-4-13(8-14)11-22-15-7-6-12(10-18)9-16(15)21-2/h3-9H,11H2,1-2H3,(H,19,20). The number of amides is 1. The van der Waals surface area contributed by atoms with Crippen LogP contribution >= 0.6 is 0 Å². The minimum absolute atomic E-state index is 0.141. The summed E-state index contributed by atoms with van der Waals surface area (Å²) in [6.07, 6.45) is 0.